The van der Waals surface area contributed by atoms with Crippen molar-refractivity contribution in [2.45, 2.75) is 17.6 Å². The molecule has 0 aliphatic rings. The maximum absolute atomic E-state index is 12.4. The van der Waals surface area contributed by atoms with Crippen molar-refractivity contribution in [3.05, 3.63) is 46.8 Å². The van der Waals surface area contributed by atoms with Crippen LogP contribution in [-0.2, 0) is 16.4 Å². The van der Waals surface area contributed by atoms with Gasteiger partial charge in [0.05, 0.1) is 5.69 Å². The molecule has 21 heavy (non-hydrogen) atoms. The third-order valence-corrected chi connectivity index (χ3v) is 5.89. The SMILES string of the molecule is CCc1ccc(S(=O)(=O)Nc2ccccc2C(N)=NO)s1. The molecule has 0 spiro atoms. The van der Waals surface area contributed by atoms with Crippen LogP contribution < -0.4 is 10.5 Å². The highest BCUT2D eigenvalue weighted by molar-refractivity contribution is 7.94. The van der Waals surface area contributed by atoms with E-state index in [2.05, 4.69) is 9.88 Å². The minimum Gasteiger partial charge on any atom is -0.409 e. The van der Waals surface area contributed by atoms with E-state index in [-0.39, 0.29) is 15.7 Å². The Morgan fingerprint density at radius 2 is 2.05 bits per heavy atom. The van der Waals surface area contributed by atoms with Crippen LogP contribution in [0.5, 0.6) is 0 Å². The Bertz CT molecular complexity index is 766. The number of aryl methyl sites for hydroxylation is 1. The van der Waals surface area contributed by atoms with Crippen molar-refractivity contribution in [1.29, 1.82) is 0 Å². The van der Waals surface area contributed by atoms with E-state index in [4.69, 9.17) is 10.9 Å². The number of para-hydroxylation sites is 1. The van der Waals surface area contributed by atoms with Gasteiger partial charge < -0.3 is 10.9 Å². The van der Waals surface area contributed by atoms with Gasteiger partial charge >= 0.3 is 0 Å². The number of anilines is 1. The van der Waals surface area contributed by atoms with E-state index in [1.165, 1.54) is 11.3 Å². The molecule has 0 amide bonds. The van der Waals surface area contributed by atoms with Crippen LogP contribution in [-0.4, -0.2) is 19.5 Å². The third kappa shape index (κ3) is 3.34. The summed E-state index contributed by atoms with van der Waals surface area (Å²) in [5.74, 6) is -0.159. The molecule has 2 rings (SSSR count). The van der Waals surface area contributed by atoms with Crippen LogP contribution in [0, 0.1) is 0 Å². The zero-order chi connectivity index (χ0) is 15.5. The molecule has 0 unspecified atom stereocenters. The number of nitrogens with one attached hydrogen (secondary N) is 1. The van der Waals surface area contributed by atoms with Crippen LogP contribution in [0.2, 0.25) is 0 Å². The number of sulfonamides is 1. The number of nitrogens with two attached hydrogens (primary N) is 1. The first-order valence-electron chi connectivity index (χ1n) is 6.16. The summed E-state index contributed by atoms with van der Waals surface area (Å²) in [5.41, 5.74) is 6.12. The molecule has 112 valence electrons. The number of hydrogen-bond acceptors (Lipinski definition) is 5. The lowest BCUT2D eigenvalue weighted by atomic mass is 10.2. The number of amidine groups is 1. The van der Waals surface area contributed by atoms with Crippen LogP contribution in [0.1, 0.15) is 17.4 Å². The molecule has 0 aliphatic heterocycles. The van der Waals surface area contributed by atoms with Gasteiger partial charge in [-0.15, -0.1) is 11.3 Å². The van der Waals surface area contributed by atoms with Gasteiger partial charge in [-0.3, -0.25) is 4.72 Å². The summed E-state index contributed by atoms with van der Waals surface area (Å²) < 4.78 is 27.4. The average molecular weight is 325 g/mol. The molecule has 1 heterocycles. The van der Waals surface area contributed by atoms with Crippen LogP contribution in [0.15, 0.2) is 45.8 Å². The summed E-state index contributed by atoms with van der Waals surface area (Å²) in [7, 11) is -3.69. The fourth-order valence-corrected chi connectivity index (χ4v) is 4.11. The zero-order valence-electron chi connectivity index (χ0n) is 11.3. The van der Waals surface area contributed by atoms with Crippen molar-refractivity contribution in [2.75, 3.05) is 4.72 Å². The van der Waals surface area contributed by atoms with Gasteiger partial charge in [0, 0.05) is 10.4 Å². The van der Waals surface area contributed by atoms with Gasteiger partial charge in [-0.2, -0.15) is 0 Å². The summed E-state index contributed by atoms with van der Waals surface area (Å²) in [5, 5.41) is 11.7. The first kappa shape index (κ1) is 15.3. The Labute approximate surface area is 127 Å². The topological polar surface area (TPSA) is 105 Å². The predicted octanol–water partition coefficient (Wildman–Crippen LogP) is 2.21. The second kappa shape index (κ2) is 6.15. The second-order valence-electron chi connectivity index (χ2n) is 4.21. The molecule has 2 aromatic rings. The molecule has 6 nitrogen and oxygen atoms in total. The highest BCUT2D eigenvalue weighted by Gasteiger charge is 2.19. The van der Waals surface area contributed by atoms with Crippen LogP contribution in [0.3, 0.4) is 0 Å². The van der Waals surface area contributed by atoms with Gasteiger partial charge in [-0.05, 0) is 30.7 Å². The lowest BCUT2D eigenvalue weighted by Crippen LogP contribution is -2.18. The van der Waals surface area contributed by atoms with E-state index >= 15 is 0 Å². The van der Waals surface area contributed by atoms with E-state index in [0.717, 1.165) is 11.3 Å². The largest absolute Gasteiger partial charge is 0.409 e. The summed E-state index contributed by atoms with van der Waals surface area (Å²) >= 11 is 1.22. The van der Waals surface area contributed by atoms with Crippen molar-refractivity contribution in [1.82, 2.24) is 0 Å². The third-order valence-electron chi connectivity index (χ3n) is 2.81. The van der Waals surface area contributed by atoms with E-state index < -0.39 is 10.0 Å². The molecule has 0 saturated heterocycles. The second-order valence-corrected chi connectivity index (χ2v) is 7.29. The first-order chi connectivity index (χ1) is 9.97. The Morgan fingerprint density at radius 3 is 2.67 bits per heavy atom. The number of thiophene rings is 1. The molecular weight excluding hydrogens is 310 g/mol. The maximum Gasteiger partial charge on any atom is 0.271 e. The van der Waals surface area contributed by atoms with Crippen LogP contribution in [0.4, 0.5) is 5.69 Å². The van der Waals surface area contributed by atoms with E-state index in [0.29, 0.717) is 5.56 Å². The maximum atomic E-state index is 12.4. The number of benzene rings is 1. The summed E-state index contributed by atoms with van der Waals surface area (Å²) in [6.07, 6.45) is 0.779. The Kier molecular flexibility index (Phi) is 4.49. The van der Waals surface area contributed by atoms with E-state index in [1.54, 1.807) is 36.4 Å². The monoisotopic (exact) mass is 325 g/mol. The van der Waals surface area contributed by atoms with Crippen LogP contribution >= 0.6 is 11.3 Å². The van der Waals surface area contributed by atoms with Crippen molar-refractivity contribution >= 4 is 32.9 Å². The van der Waals surface area contributed by atoms with Gasteiger partial charge in [0.25, 0.3) is 10.0 Å². The van der Waals surface area contributed by atoms with Crippen molar-refractivity contribution in [3.63, 3.8) is 0 Å². The molecule has 0 atom stereocenters. The average Bonchev–Trinajstić information content (AvgIpc) is 2.96. The number of oxime groups is 1. The van der Waals surface area contributed by atoms with Crippen molar-refractivity contribution in [2.24, 2.45) is 10.9 Å². The lowest BCUT2D eigenvalue weighted by molar-refractivity contribution is 0.318. The van der Waals surface area contributed by atoms with Gasteiger partial charge in [0.15, 0.2) is 5.84 Å². The molecule has 0 bridgehead atoms. The van der Waals surface area contributed by atoms with Crippen molar-refractivity contribution < 1.29 is 13.6 Å². The van der Waals surface area contributed by atoms with E-state index in [1.807, 2.05) is 6.92 Å². The number of rotatable bonds is 5. The molecule has 1 aromatic heterocycles. The fourth-order valence-electron chi connectivity index (χ4n) is 1.74. The Balaban J connectivity index is 2.37. The van der Waals surface area contributed by atoms with Gasteiger partial charge in [-0.25, -0.2) is 8.42 Å². The highest BCUT2D eigenvalue weighted by Crippen LogP contribution is 2.25. The van der Waals surface area contributed by atoms with Crippen LogP contribution in [0.25, 0.3) is 0 Å². The van der Waals surface area contributed by atoms with Gasteiger partial charge in [0.1, 0.15) is 4.21 Å². The summed E-state index contributed by atoms with van der Waals surface area (Å²) in [6.45, 7) is 1.96. The quantitative estimate of drug-likeness (QED) is 0.339. The molecule has 8 heteroatoms. The molecule has 0 saturated carbocycles. The minimum atomic E-state index is -3.69. The highest BCUT2D eigenvalue weighted by atomic mass is 32.2. The minimum absolute atomic E-state index is 0.159. The summed E-state index contributed by atoms with van der Waals surface area (Å²) in [4.78, 5) is 0.986. The molecular formula is C13H15N3O3S2. The molecule has 0 aliphatic carbocycles. The van der Waals surface area contributed by atoms with Gasteiger partial charge in [0.2, 0.25) is 0 Å². The lowest BCUT2D eigenvalue weighted by Gasteiger charge is -2.10. The van der Waals surface area contributed by atoms with Crippen molar-refractivity contribution in [3.8, 4) is 0 Å². The molecule has 1 aromatic carbocycles. The fraction of sp³-hybridized carbons (Fsp3) is 0.154. The zero-order valence-corrected chi connectivity index (χ0v) is 12.9. The molecule has 0 fully saturated rings. The normalized spacial score (nSPS) is 12.3. The summed E-state index contributed by atoms with van der Waals surface area (Å²) in [6, 6.07) is 9.81. The first-order valence-corrected chi connectivity index (χ1v) is 8.46. The molecule has 4 N–H and O–H groups in total. The van der Waals surface area contributed by atoms with Gasteiger partial charge in [-0.1, -0.05) is 24.2 Å². The molecule has 0 radical (unpaired) electrons. The smallest absolute Gasteiger partial charge is 0.271 e. The Hall–Kier alpha value is -2.06. The standard InChI is InChI=1S/C13H15N3O3S2/c1-2-9-7-8-12(20-9)21(18,19)16-11-6-4-3-5-10(11)13(14)15-17/h3-8,16-17H,2H2,1H3,(H2,14,15). The van der Waals surface area contributed by atoms with E-state index in [9.17, 15) is 8.42 Å². The number of hydrogen-bond donors (Lipinski definition) is 3. The number of nitrogens with zero attached hydrogens (tertiary/aromatic N) is 1. The Morgan fingerprint density at radius 1 is 1.33 bits per heavy atom. The predicted molar refractivity (Wildman–Crippen MR) is 83.5 cm³/mol.